The molecule has 110 valence electrons. The van der Waals surface area contributed by atoms with E-state index in [1.807, 2.05) is 24.9 Å². The third kappa shape index (κ3) is 3.26. The lowest BCUT2D eigenvalue weighted by molar-refractivity contribution is 0.119. The van der Waals surface area contributed by atoms with Crippen LogP contribution in [0.15, 0.2) is 11.6 Å². The quantitative estimate of drug-likeness (QED) is 0.890. The van der Waals surface area contributed by atoms with E-state index < -0.39 is 0 Å². The van der Waals surface area contributed by atoms with E-state index in [1.54, 1.807) is 18.4 Å². The van der Waals surface area contributed by atoms with E-state index in [4.69, 9.17) is 4.74 Å². The first-order valence-electron chi connectivity index (χ1n) is 6.72. The maximum atomic E-state index is 5.28. The average Bonchev–Trinajstić information content (AvgIpc) is 3.04. The number of thiazole rings is 1. The Hall–Kier alpha value is -1.24. The molecule has 1 N–H and O–H groups in total. The molecule has 0 radical (unpaired) electrons. The van der Waals surface area contributed by atoms with Crippen molar-refractivity contribution in [1.82, 2.24) is 20.1 Å². The van der Waals surface area contributed by atoms with Gasteiger partial charge in [0.15, 0.2) is 0 Å². The zero-order chi connectivity index (χ0) is 14.7. The number of nitrogens with zero attached hydrogens (tertiary/aromatic N) is 3. The SMILES string of the molecule is COC(C)c1nc(CNC(C)c2cnn(C)c2C)cs1. The summed E-state index contributed by atoms with van der Waals surface area (Å²) < 4.78 is 7.18. The molecule has 0 aliphatic heterocycles. The average molecular weight is 294 g/mol. The van der Waals surface area contributed by atoms with Gasteiger partial charge in [-0.2, -0.15) is 5.10 Å². The molecule has 2 aromatic heterocycles. The highest BCUT2D eigenvalue weighted by Gasteiger charge is 2.13. The summed E-state index contributed by atoms with van der Waals surface area (Å²) in [7, 11) is 3.67. The van der Waals surface area contributed by atoms with Crippen molar-refractivity contribution in [3.63, 3.8) is 0 Å². The molecule has 2 aromatic rings. The van der Waals surface area contributed by atoms with Crippen molar-refractivity contribution in [3.8, 4) is 0 Å². The van der Waals surface area contributed by atoms with Crippen LogP contribution in [0.25, 0.3) is 0 Å². The first kappa shape index (κ1) is 15.2. The maximum Gasteiger partial charge on any atom is 0.122 e. The van der Waals surface area contributed by atoms with Gasteiger partial charge in [0, 0.05) is 43.4 Å². The summed E-state index contributed by atoms with van der Waals surface area (Å²) in [5.74, 6) is 0. The zero-order valence-corrected chi connectivity index (χ0v) is 13.5. The van der Waals surface area contributed by atoms with Crippen molar-refractivity contribution >= 4 is 11.3 Å². The lowest BCUT2D eigenvalue weighted by atomic mass is 10.1. The van der Waals surface area contributed by atoms with Crippen molar-refractivity contribution < 1.29 is 4.74 Å². The molecule has 0 saturated carbocycles. The zero-order valence-electron chi connectivity index (χ0n) is 12.7. The fraction of sp³-hybridized carbons (Fsp3) is 0.571. The predicted molar refractivity (Wildman–Crippen MR) is 80.7 cm³/mol. The van der Waals surface area contributed by atoms with Crippen LogP contribution in [0, 0.1) is 6.92 Å². The summed E-state index contributed by atoms with van der Waals surface area (Å²) >= 11 is 1.64. The van der Waals surface area contributed by atoms with E-state index >= 15 is 0 Å². The van der Waals surface area contributed by atoms with Gasteiger partial charge in [-0.05, 0) is 20.8 Å². The molecular weight excluding hydrogens is 272 g/mol. The van der Waals surface area contributed by atoms with Crippen LogP contribution in [-0.2, 0) is 18.3 Å². The van der Waals surface area contributed by atoms with Gasteiger partial charge in [-0.3, -0.25) is 4.68 Å². The first-order valence-corrected chi connectivity index (χ1v) is 7.59. The summed E-state index contributed by atoms with van der Waals surface area (Å²) in [5.41, 5.74) is 3.48. The van der Waals surface area contributed by atoms with Crippen molar-refractivity contribution in [2.45, 2.75) is 39.5 Å². The minimum absolute atomic E-state index is 0.0618. The highest BCUT2D eigenvalue weighted by Crippen LogP contribution is 2.21. The lowest BCUT2D eigenvalue weighted by Crippen LogP contribution is -2.19. The molecule has 2 rings (SSSR count). The summed E-state index contributed by atoms with van der Waals surface area (Å²) in [6.45, 7) is 7.00. The molecule has 0 aromatic carbocycles. The number of aryl methyl sites for hydroxylation is 1. The highest BCUT2D eigenvalue weighted by molar-refractivity contribution is 7.09. The van der Waals surface area contributed by atoms with Crippen molar-refractivity contribution in [1.29, 1.82) is 0 Å². The van der Waals surface area contributed by atoms with Crippen LogP contribution in [-0.4, -0.2) is 21.9 Å². The molecule has 2 heterocycles. The van der Waals surface area contributed by atoms with E-state index in [0.29, 0.717) is 0 Å². The molecule has 2 atom stereocenters. The number of hydrogen-bond acceptors (Lipinski definition) is 5. The number of nitrogens with one attached hydrogen (secondary N) is 1. The van der Waals surface area contributed by atoms with Crippen LogP contribution in [0.5, 0.6) is 0 Å². The van der Waals surface area contributed by atoms with Crippen LogP contribution in [0.1, 0.15) is 48.0 Å². The molecule has 20 heavy (non-hydrogen) atoms. The lowest BCUT2D eigenvalue weighted by Gasteiger charge is -2.12. The van der Waals surface area contributed by atoms with Gasteiger partial charge in [0.1, 0.15) is 11.1 Å². The highest BCUT2D eigenvalue weighted by atomic mass is 32.1. The van der Waals surface area contributed by atoms with Crippen molar-refractivity contribution in [3.05, 3.63) is 33.5 Å². The van der Waals surface area contributed by atoms with Crippen molar-refractivity contribution in [2.75, 3.05) is 7.11 Å². The Kier molecular flexibility index (Phi) is 4.91. The molecule has 0 fully saturated rings. The first-order chi connectivity index (χ1) is 9.52. The predicted octanol–water partition coefficient (Wildman–Crippen LogP) is 2.74. The van der Waals surface area contributed by atoms with E-state index in [0.717, 1.165) is 17.2 Å². The van der Waals surface area contributed by atoms with E-state index in [9.17, 15) is 0 Å². The summed E-state index contributed by atoms with van der Waals surface area (Å²) in [6, 6.07) is 0.258. The van der Waals surface area contributed by atoms with Gasteiger partial charge in [0.05, 0.1) is 11.9 Å². The number of hydrogen-bond donors (Lipinski definition) is 1. The largest absolute Gasteiger partial charge is 0.375 e. The number of aromatic nitrogens is 3. The standard InChI is InChI=1S/C14H22N4OS/c1-9(13-7-16-18(4)10(13)2)15-6-12-8-20-14(17-12)11(3)19-5/h7-9,11,15H,6H2,1-5H3. The minimum atomic E-state index is 0.0618. The molecule has 0 saturated heterocycles. The molecule has 2 unspecified atom stereocenters. The van der Waals surface area contributed by atoms with Gasteiger partial charge in [-0.1, -0.05) is 0 Å². The Morgan fingerprint density at radius 3 is 2.80 bits per heavy atom. The Balaban J connectivity index is 1.95. The van der Waals surface area contributed by atoms with E-state index in [1.165, 1.54) is 11.3 Å². The fourth-order valence-corrected chi connectivity index (χ4v) is 2.85. The Bertz CT molecular complexity index is 563. The second kappa shape index (κ2) is 6.47. The topological polar surface area (TPSA) is 52.0 Å². The van der Waals surface area contributed by atoms with Gasteiger partial charge in [0.25, 0.3) is 0 Å². The summed E-state index contributed by atoms with van der Waals surface area (Å²) in [5, 5.41) is 10.9. The van der Waals surface area contributed by atoms with Gasteiger partial charge in [0.2, 0.25) is 0 Å². The third-order valence-electron chi connectivity index (χ3n) is 3.60. The Morgan fingerprint density at radius 1 is 1.45 bits per heavy atom. The third-order valence-corrected chi connectivity index (χ3v) is 4.65. The molecule has 5 nitrogen and oxygen atoms in total. The van der Waals surface area contributed by atoms with Crippen molar-refractivity contribution in [2.24, 2.45) is 7.05 Å². The van der Waals surface area contributed by atoms with Crippen LogP contribution in [0.4, 0.5) is 0 Å². The fourth-order valence-electron chi connectivity index (χ4n) is 2.00. The summed E-state index contributed by atoms with van der Waals surface area (Å²) in [6.07, 6.45) is 1.98. The number of methoxy groups -OCH3 is 1. The molecule has 0 bridgehead atoms. The molecule has 0 aliphatic carbocycles. The monoisotopic (exact) mass is 294 g/mol. The molecule has 0 amide bonds. The molecule has 0 aliphatic rings. The van der Waals surface area contributed by atoms with Crippen LogP contribution in [0.2, 0.25) is 0 Å². The van der Waals surface area contributed by atoms with E-state index in [2.05, 4.69) is 34.6 Å². The second-order valence-electron chi connectivity index (χ2n) is 4.97. The van der Waals surface area contributed by atoms with Crippen LogP contribution < -0.4 is 5.32 Å². The molecule has 6 heteroatoms. The van der Waals surface area contributed by atoms with Gasteiger partial charge in [-0.15, -0.1) is 11.3 Å². The Labute approximate surface area is 124 Å². The van der Waals surface area contributed by atoms with Crippen LogP contribution >= 0.6 is 11.3 Å². The second-order valence-corrected chi connectivity index (χ2v) is 5.86. The normalized spacial score (nSPS) is 14.4. The van der Waals surface area contributed by atoms with Crippen LogP contribution in [0.3, 0.4) is 0 Å². The molecular formula is C14H22N4OS. The smallest absolute Gasteiger partial charge is 0.122 e. The number of ether oxygens (including phenoxy) is 1. The van der Waals surface area contributed by atoms with Gasteiger partial charge < -0.3 is 10.1 Å². The van der Waals surface area contributed by atoms with Gasteiger partial charge >= 0.3 is 0 Å². The van der Waals surface area contributed by atoms with E-state index in [-0.39, 0.29) is 12.1 Å². The summed E-state index contributed by atoms with van der Waals surface area (Å²) in [4.78, 5) is 4.58. The maximum absolute atomic E-state index is 5.28. The van der Waals surface area contributed by atoms with Gasteiger partial charge in [-0.25, -0.2) is 4.98 Å². The molecule has 0 spiro atoms. The Morgan fingerprint density at radius 2 is 2.20 bits per heavy atom. The minimum Gasteiger partial charge on any atom is -0.375 e. The number of rotatable bonds is 6.